The lowest BCUT2D eigenvalue weighted by atomic mass is 9.80. The highest BCUT2D eigenvalue weighted by molar-refractivity contribution is 7.91. The monoisotopic (exact) mass is 995 g/mol. The molecule has 4 aliphatic heterocycles. The number of carbonyl (C=O) groups is 2. The molecule has 4 aliphatic rings. The second-order valence-corrected chi connectivity index (χ2v) is 22.8. The number of nitrogens with zero attached hydrogens (tertiary/aromatic N) is 5. The molecule has 4 atom stereocenters. The van der Waals surface area contributed by atoms with Crippen molar-refractivity contribution < 1.29 is 35.9 Å². The number of carbonyl (C=O) groups excluding carboxylic acids is 2. The van der Waals surface area contributed by atoms with Crippen LogP contribution in [-0.2, 0) is 64.7 Å². The number of rotatable bonds is 14. The summed E-state index contributed by atoms with van der Waals surface area (Å²) in [4.78, 5) is 48.5. The fourth-order valence-electron chi connectivity index (χ4n) is 10.5. The van der Waals surface area contributed by atoms with E-state index in [2.05, 4.69) is 4.98 Å². The van der Waals surface area contributed by atoms with Gasteiger partial charge in [-0.25, -0.2) is 26.8 Å². The van der Waals surface area contributed by atoms with Gasteiger partial charge in [0.2, 0.25) is 5.90 Å². The summed E-state index contributed by atoms with van der Waals surface area (Å²) in [5.41, 5.74) is 4.06. The topological polar surface area (TPSA) is 165 Å². The quantitative estimate of drug-likeness (QED) is 0.105. The maximum Gasteiger partial charge on any atom is 0.255 e. The first-order chi connectivity index (χ1) is 34.9. The second-order valence-electron chi connectivity index (χ2n) is 18.6. The van der Waals surface area contributed by atoms with Crippen molar-refractivity contribution in [1.29, 1.82) is 0 Å². The van der Waals surface area contributed by atoms with Gasteiger partial charge in [0.25, 0.3) is 11.8 Å². The zero-order chi connectivity index (χ0) is 49.5. The lowest BCUT2D eigenvalue weighted by Crippen LogP contribution is -2.50. The number of ether oxygens (including phenoxy) is 2. The van der Waals surface area contributed by atoms with Gasteiger partial charge in [0, 0.05) is 62.5 Å². The number of sulfone groups is 2. The van der Waals surface area contributed by atoms with Gasteiger partial charge in [-0.2, -0.15) is 0 Å². The molecule has 5 heterocycles. The van der Waals surface area contributed by atoms with Gasteiger partial charge in [-0.3, -0.25) is 14.6 Å². The van der Waals surface area contributed by atoms with E-state index in [1.54, 1.807) is 88.9 Å². The third-order valence-electron chi connectivity index (χ3n) is 14.1. The van der Waals surface area contributed by atoms with Gasteiger partial charge in [-0.15, -0.1) is 0 Å². The molecule has 0 unspecified atom stereocenters. The van der Waals surface area contributed by atoms with Crippen LogP contribution in [0.4, 0.5) is 0 Å². The van der Waals surface area contributed by atoms with Gasteiger partial charge >= 0.3 is 0 Å². The molecule has 7 aromatic rings. The minimum atomic E-state index is -3.75. The van der Waals surface area contributed by atoms with Crippen molar-refractivity contribution in [3.05, 3.63) is 221 Å². The maximum absolute atomic E-state index is 15.5. The number of pyridine rings is 1. The van der Waals surface area contributed by atoms with E-state index in [0.717, 1.165) is 44.5 Å². The summed E-state index contributed by atoms with van der Waals surface area (Å²) in [6, 6.07) is 51.2. The molecular weight excluding hydrogens is 947 g/mol. The molecule has 0 bridgehead atoms. The number of aliphatic imine (C=N–C) groups is 2. The number of hydrogen-bond donors (Lipinski definition) is 0. The zero-order valence-corrected chi connectivity index (χ0v) is 40.7. The van der Waals surface area contributed by atoms with Crippen LogP contribution in [-0.4, -0.2) is 91.4 Å². The summed E-state index contributed by atoms with van der Waals surface area (Å²) in [6.45, 7) is 0.167. The Labute approximate surface area is 418 Å². The van der Waals surface area contributed by atoms with Crippen molar-refractivity contribution in [2.24, 2.45) is 9.98 Å². The molecule has 0 N–H and O–H groups in total. The smallest absolute Gasteiger partial charge is 0.255 e. The molecule has 0 aliphatic carbocycles. The van der Waals surface area contributed by atoms with Gasteiger partial charge < -0.3 is 19.3 Å². The van der Waals surface area contributed by atoms with Crippen LogP contribution in [0.3, 0.4) is 0 Å². The fraction of sp³-hybridized carbons (Fsp3) is 0.211. The third-order valence-corrected chi connectivity index (χ3v) is 17.5. The van der Waals surface area contributed by atoms with Gasteiger partial charge in [-0.1, -0.05) is 127 Å². The number of benzene rings is 6. The Morgan fingerprint density at radius 2 is 1.11 bits per heavy atom. The molecule has 15 heteroatoms. The van der Waals surface area contributed by atoms with Crippen molar-refractivity contribution >= 4 is 43.8 Å². The third kappa shape index (κ3) is 8.66. The van der Waals surface area contributed by atoms with Gasteiger partial charge in [0.15, 0.2) is 49.4 Å². The Bertz CT molecular complexity index is 3490. The fourth-order valence-corrected chi connectivity index (χ4v) is 13.0. The van der Waals surface area contributed by atoms with E-state index < -0.39 is 43.0 Å². The molecule has 0 saturated heterocycles. The second kappa shape index (κ2) is 18.8. The number of fused-ring (bicyclic) bond motifs is 6. The van der Waals surface area contributed by atoms with Crippen LogP contribution in [0.5, 0.6) is 0 Å². The van der Waals surface area contributed by atoms with Gasteiger partial charge in [0.05, 0.1) is 26.9 Å². The summed E-state index contributed by atoms with van der Waals surface area (Å²) in [5, 5.41) is 0. The Balaban J connectivity index is 0.967. The number of amides is 2. The standard InChI is InChI=1S/C57H49N5O8S2/c63-54-56(34-40-14-4-1-5-15-40)51(69-39-59-56)50-33-43(25-26-46(50)38-61(54)28-30-71(65,66)47-20-6-2-7-21-47)42-18-12-16-41(32-42)35-57-52(70-53(60-57)44-19-13-27-58-36-44)49-24-11-10-17-45(49)37-62(55(57)64)29-31-72(67,68)48-22-8-3-9-23-48/h1-27,32-33,36,39,51-52H,28-31,34-35,37-38H2/t51-,52-,56-,57-/m0/s1. The van der Waals surface area contributed by atoms with E-state index in [1.807, 2.05) is 103 Å². The molecular formula is C57H49N5O8S2. The first-order valence-electron chi connectivity index (χ1n) is 23.8. The first kappa shape index (κ1) is 46.6. The van der Waals surface area contributed by atoms with Crippen LogP contribution in [0.1, 0.15) is 51.2 Å². The molecule has 1 aromatic heterocycles. The molecule has 0 fully saturated rings. The van der Waals surface area contributed by atoms with Crippen LogP contribution in [0.25, 0.3) is 11.1 Å². The molecule has 0 radical (unpaired) electrons. The Morgan fingerprint density at radius 1 is 0.542 bits per heavy atom. The number of hydrogen-bond acceptors (Lipinski definition) is 11. The van der Waals surface area contributed by atoms with Crippen LogP contribution >= 0.6 is 0 Å². The minimum absolute atomic E-state index is 0.0566. The van der Waals surface area contributed by atoms with E-state index in [9.17, 15) is 16.8 Å². The number of aromatic nitrogens is 1. The SMILES string of the molecule is O=C1N(CCS(=O)(=O)c2ccccc2)Cc2ccc(-c3cccc(C[C@]45N=C(c6cccnc6)O[C@H]4c4ccccc4CN(CCS(=O)(=O)c4ccccc4)C5=O)c3)cc2[C@@H]2OC=N[C@]12Cc1ccccc1. The molecule has 13 nitrogen and oxygen atoms in total. The lowest BCUT2D eigenvalue weighted by molar-refractivity contribution is -0.140. The van der Waals surface area contributed by atoms with E-state index in [4.69, 9.17) is 19.5 Å². The average Bonchev–Trinajstić information content (AvgIpc) is 3.98. The summed E-state index contributed by atoms with van der Waals surface area (Å²) >= 11 is 0. The van der Waals surface area contributed by atoms with Crippen LogP contribution in [0.2, 0.25) is 0 Å². The predicted molar refractivity (Wildman–Crippen MR) is 272 cm³/mol. The van der Waals surface area contributed by atoms with Crippen molar-refractivity contribution in [1.82, 2.24) is 14.8 Å². The predicted octanol–water partition coefficient (Wildman–Crippen LogP) is 7.96. The van der Waals surface area contributed by atoms with Crippen molar-refractivity contribution in [2.45, 2.75) is 59.0 Å². The summed E-state index contributed by atoms with van der Waals surface area (Å²) in [7, 11) is -7.48. The molecule has 72 heavy (non-hydrogen) atoms. The molecule has 6 aromatic carbocycles. The maximum atomic E-state index is 15.5. The average molecular weight is 996 g/mol. The first-order valence-corrected chi connectivity index (χ1v) is 27.1. The Kier molecular flexibility index (Phi) is 12.2. The normalized spacial score (nSPS) is 21.3. The molecule has 362 valence electrons. The van der Waals surface area contributed by atoms with Gasteiger partial charge in [-0.05, 0) is 75.8 Å². The van der Waals surface area contributed by atoms with E-state index >= 15 is 9.59 Å². The van der Waals surface area contributed by atoms with Crippen molar-refractivity contribution in [3.63, 3.8) is 0 Å². The Morgan fingerprint density at radius 3 is 1.78 bits per heavy atom. The molecule has 0 spiro atoms. The lowest BCUT2D eigenvalue weighted by Gasteiger charge is -2.33. The molecule has 0 saturated carbocycles. The van der Waals surface area contributed by atoms with Crippen molar-refractivity contribution in [2.75, 3.05) is 24.6 Å². The van der Waals surface area contributed by atoms with Crippen LogP contribution < -0.4 is 0 Å². The largest absolute Gasteiger partial charge is 0.472 e. The van der Waals surface area contributed by atoms with Crippen LogP contribution in [0, 0.1) is 0 Å². The van der Waals surface area contributed by atoms with E-state index in [0.29, 0.717) is 5.56 Å². The molecule has 11 rings (SSSR count). The van der Waals surface area contributed by atoms with Crippen molar-refractivity contribution in [3.8, 4) is 11.1 Å². The minimum Gasteiger partial charge on any atom is -0.472 e. The van der Waals surface area contributed by atoms with E-state index in [-0.39, 0.29) is 78.0 Å². The summed E-state index contributed by atoms with van der Waals surface area (Å²) in [6.07, 6.45) is 3.27. The highest BCUT2D eigenvalue weighted by Crippen LogP contribution is 2.48. The summed E-state index contributed by atoms with van der Waals surface area (Å²) in [5.74, 6) is -0.998. The van der Waals surface area contributed by atoms with E-state index in [1.165, 1.54) is 6.40 Å². The Hall–Kier alpha value is -7.75. The van der Waals surface area contributed by atoms with Crippen LogP contribution in [0.15, 0.2) is 202 Å². The highest BCUT2D eigenvalue weighted by Gasteiger charge is 2.57. The zero-order valence-electron chi connectivity index (χ0n) is 39.0. The summed E-state index contributed by atoms with van der Waals surface area (Å²) < 4.78 is 67.6. The van der Waals surface area contributed by atoms with Gasteiger partial charge in [0.1, 0.15) is 0 Å². The highest BCUT2D eigenvalue weighted by atomic mass is 32.2. The molecule has 2 amide bonds.